The highest BCUT2D eigenvalue weighted by Gasteiger charge is 2.32. The Hall–Kier alpha value is -2.23. The lowest BCUT2D eigenvalue weighted by Crippen LogP contribution is -2.39. The molecule has 166 valence electrons. The molecule has 0 radical (unpaired) electrons. The van der Waals surface area contributed by atoms with E-state index in [1.807, 2.05) is 17.5 Å². The second-order valence-corrected chi connectivity index (χ2v) is 11.1. The largest absolute Gasteiger partial charge is 0.351 e. The van der Waals surface area contributed by atoms with Crippen LogP contribution in [0, 0.1) is 5.92 Å². The van der Waals surface area contributed by atoms with Crippen LogP contribution in [0.5, 0.6) is 0 Å². The van der Waals surface area contributed by atoms with Crippen LogP contribution in [0.1, 0.15) is 36.6 Å². The Labute approximate surface area is 187 Å². The van der Waals surface area contributed by atoms with Crippen LogP contribution in [0.25, 0.3) is 0 Å². The van der Waals surface area contributed by atoms with Crippen molar-refractivity contribution in [3.8, 4) is 0 Å². The molecule has 0 saturated carbocycles. The molecule has 1 saturated heterocycles. The predicted molar refractivity (Wildman–Crippen MR) is 120 cm³/mol. The van der Waals surface area contributed by atoms with Gasteiger partial charge in [0.05, 0.1) is 11.4 Å². The van der Waals surface area contributed by atoms with Crippen molar-refractivity contribution in [1.29, 1.82) is 0 Å². The van der Waals surface area contributed by atoms with Crippen molar-refractivity contribution in [2.45, 2.75) is 44.0 Å². The number of sulfonamides is 1. The summed E-state index contributed by atoms with van der Waals surface area (Å²) in [6.45, 7) is 3.49. The number of nitrogens with zero attached hydrogens (tertiary/aromatic N) is 2. The van der Waals surface area contributed by atoms with Crippen molar-refractivity contribution >= 4 is 38.9 Å². The molecule has 1 aromatic heterocycles. The average Bonchev–Trinajstić information content (AvgIpc) is 3.42. The lowest BCUT2D eigenvalue weighted by Gasteiger charge is -2.31. The number of hydrogen-bond donors (Lipinski definition) is 1. The molecule has 2 amide bonds. The zero-order valence-corrected chi connectivity index (χ0v) is 19.2. The topological polar surface area (TPSA) is 86.8 Å². The van der Waals surface area contributed by atoms with E-state index in [4.69, 9.17) is 0 Å². The van der Waals surface area contributed by atoms with Gasteiger partial charge in [-0.2, -0.15) is 4.31 Å². The molecule has 31 heavy (non-hydrogen) atoms. The summed E-state index contributed by atoms with van der Waals surface area (Å²) >= 11 is 1.61. The molecule has 0 atom stereocenters. The summed E-state index contributed by atoms with van der Waals surface area (Å²) in [6.07, 6.45) is 2.45. The van der Waals surface area contributed by atoms with Crippen molar-refractivity contribution < 1.29 is 18.0 Å². The van der Waals surface area contributed by atoms with E-state index in [0.717, 1.165) is 16.1 Å². The van der Waals surface area contributed by atoms with E-state index in [0.29, 0.717) is 51.9 Å². The first-order valence-corrected chi connectivity index (χ1v) is 12.9. The number of hydrogen-bond acceptors (Lipinski definition) is 5. The molecule has 0 spiro atoms. The van der Waals surface area contributed by atoms with Gasteiger partial charge in [-0.15, -0.1) is 11.3 Å². The van der Waals surface area contributed by atoms with Crippen LogP contribution in [0.15, 0.2) is 40.6 Å². The van der Waals surface area contributed by atoms with Crippen LogP contribution >= 0.6 is 11.3 Å². The maximum Gasteiger partial charge on any atom is 0.243 e. The zero-order valence-electron chi connectivity index (χ0n) is 17.5. The Balaban J connectivity index is 1.33. The van der Waals surface area contributed by atoms with Crippen LogP contribution in [-0.4, -0.2) is 44.2 Å². The molecule has 3 heterocycles. The van der Waals surface area contributed by atoms with Gasteiger partial charge in [-0.3, -0.25) is 9.59 Å². The minimum Gasteiger partial charge on any atom is -0.351 e. The fraction of sp³-hybridized carbons (Fsp3) is 0.455. The van der Waals surface area contributed by atoms with E-state index in [9.17, 15) is 18.0 Å². The van der Waals surface area contributed by atoms with Gasteiger partial charge in [0, 0.05) is 43.5 Å². The third-order valence-electron chi connectivity index (χ3n) is 6.05. The molecule has 2 aliphatic heterocycles. The minimum absolute atomic E-state index is 0.0170. The number of anilines is 1. The SMILES string of the molecule is CC(=O)N1CCc2cc(S(=O)(=O)N3CCC(CC(=O)NCc4cccs4)CC3)ccc21. The molecule has 0 unspecified atom stereocenters. The molecule has 2 aromatic rings. The average molecular weight is 462 g/mol. The van der Waals surface area contributed by atoms with Gasteiger partial charge in [0.2, 0.25) is 21.8 Å². The quantitative estimate of drug-likeness (QED) is 0.717. The van der Waals surface area contributed by atoms with E-state index in [1.54, 1.807) is 34.4 Å². The van der Waals surface area contributed by atoms with E-state index in [2.05, 4.69) is 5.32 Å². The predicted octanol–water partition coefficient (Wildman–Crippen LogP) is 2.76. The summed E-state index contributed by atoms with van der Waals surface area (Å²) in [5, 5.41) is 4.93. The number of amides is 2. The van der Waals surface area contributed by atoms with Crippen molar-refractivity contribution in [3.63, 3.8) is 0 Å². The standard InChI is InChI=1S/C22H27N3O4S2/c1-16(26)25-11-8-18-14-20(4-5-21(18)25)31(28,29)24-9-6-17(7-10-24)13-22(27)23-15-19-3-2-12-30-19/h2-5,12,14,17H,6-11,13,15H2,1H3,(H,23,27). The van der Waals surface area contributed by atoms with E-state index in [1.165, 1.54) is 11.2 Å². The third kappa shape index (κ3) is 4.83. The van der Waals surface area contributed by atoms with Crippen LogP contribution < -0.4 is 10.2 Å². The van der Waals surface area contributed by atoms with Gasteiger partial charge >= 0.3 is 0 Å². The number of carbonyl (C=O) groups excluding carboxylic acids is 2. The second-order valence-electron chi connectivity index (χ2n) is 8.12. The number of carbonyl (C=O) groups is 2. The first kappa shape index (κ1) is 22.0. The molecule has 0 aliphatic carbocycles. The van der Waals surface area contributed by atoms with E-state index >= 15 is 0 Å². The number of rotatable bonds is 6. The number of benzene rings is 1. The molecule has 1 fully saturated rings. The molecule has 4 rings (SSSR count). The first-order valence-electron chi connectivity index (χ1n) is 10.5. The summed E-state index contributed by atoms with van der Waals surface area (Å²) in [7, 11) is -3.58. The van der Waals surface area contributed by atoms with Crippen LogP contribution in [0.4, 0.5) is 5.69 Å². The lowest BCUT2D eigenvalue weighted by atomic mass is 9.94. The van der Waals surface area contributed by atoms with E-state index < -0.39 is 10.0 Å². The van der Waals surface area contributed by atoms with Crippen molar-refractivity contribution in [1.82, 2.24) is 9.62 Å². The van der Waals surface area contributed by atoms with Gasteiger partial charge in [-0.1, -0.05) is 6.07 Å². The molecule has 9 heteroatoms. The Kier molecular flexibility index (Phi) is 6.45. The Morgan fingerprint density at radius 2 is 1.94 bits per heavy atom. The monoisotopic (exact) mass is 461 g/mol. The highest BCUT2D eigenvalue weighted by Crippen LogP contribution is 2.32. The third-order valence-corrected chi connectivity index (χ3v) is 8.82. The summed E-state index contributed by atoms with van der Waals surface area (Å²) in [4.78, 5) is 27.0. The van der Waals surface area contributed by atoms with Crippen LogP contribution in [-0.2, 0) is 32.6 Å². The van der Waals surface area contributed by atoms with Gasteiger partial charge < -0.3 is 10.2 Å². The second kappa shape index (κ2) is 9.10. The highest BCUT2D eigenvalue weighted by atomic mass is 32.2. The highest BCUT2D eigenvalue weighted by molar-refractivity contribution is 7.89. The minimum atomic E-state index is -3.58. The van der Waals surface area contributed by atoms with Gasteiger partial charge in [0.1, 0.15) is 0 Å². The molecular weight excluding hydrogens is 434 g/mol. The van der Waals surface area contributed by atoms with Crippen molar-refractivity contribution in [2.24, 2.45) is 5.92 Å². The Morgan fingerprint density at radius 1 is 1.16 bits per heavy atom. The fourth-order valence-corrected chi connectivity index (χ4v) is 6.47. The maximum absolute atomic E-state index is 13.1. The number of nitrogens with one attached hydrogen (secondary N) is 1. The molecular formula is C22H27N3O4S2. The first-order chi connectivity index (χ1) is 14.8. The molecule has 7 nitrogen and oxygen atoms in total. The van der Waals surface area contributed by atoms with Gasteiger partial charge in [0.25, 0.3) is 0 Å². The van der Waals surface area contributed by atoms with Gasteiger partial charge in [-0.25, -0.2) is 8.42 Å². The molecule has 1 N–H and O–H groups in total. The Morgan fingerprint density at radius 3 is 2.61 bits per heavy atom. The zero-order chi connectivity index (χ0) is 22.0. The number of thiophene rings is 1. The fourth-order valence-electron chi connectivity index (χ4n) is 4.30. The van der Waals surface area contributed by atoms with Gasteiger partial charge in [-0.05, 0) is 60.4 Å². The lowest BCUT2D eigenvalue weighted by molar-refractivity contribution is -0.122. The van der Waals surface area contributed by atoms with Crippen molar-refractivity contribution in [2.75, 3.05) is 24.5 Å². The summed E-state index contributed by atoms with van der Waals surface area (Å²) in [5.74, 6) is 0.179. The van der Waals surface area contributed by atoms with E-state index in [-0.39, 0.29) is 22.6 Å². The maximum atomic E-state index is 13.1. The summed E-state index contributed by atoms with van der Waals surface area (Å²) in [5.41, 5.74) is 1.70. The Bertz CT molecular complexity index is 1060. The summed E-state index contributed by atoms with van der Waals surface area (Å²) in [6, 6.07) is 8.99. The van der Waals surface area contributed by atoms with Gasteiger partial charge in [0.15, 0.2) is 0 Å². The molecule has 0 bridgehead atoms. The van der Waals surface area contributed by atoms with Crippen LogP contribution in [0.3, 0.4) is 0 Å². The molecule has 1 aromatic carbocycles. The summed E-state index contributed by atoms with van der Waals surface area (Å²) < 4.78 is 27.8. The van der Waals surface area contributed by atoms with Crippen molar-refractivity contribution in [3.05, 3.63) is 46.2 Å². The number of piperidine rings is 1. The smallest absolute Gasteiger partial charge is 0.243 e. The molecule has 2 aliphatic rings. The number of fused-ring (bicyclic) bond motifs is 1. The normalized spacial score (nSPS) is 17.5. The van der Waals surface area contributed by atoms with Crippen LogP contribution in [0.2, 0.25) is 0 Å².